The summed E-state index contributed by atoms with van der Waals surface area (Å²) in [6.45, 7) is 9.63. The van der Waals surface area contributed by atoms with Gasteiger partial charge in [-0.05, 0) is 70.0 Å². The maximum absolute atomic E-state index is 12.2. The topological polar surface area (TPSA) is 105 Å². The number of ether oxygens (including phenoxy) is 2. The molecule has 0 N–H and O–H groups in total. The van der Waals surface area contributed by atoms with Crippen LogP contribution in [0, 0.1) is 36.5 Å². The molecule has 196 valence electrons. The van der Waals surface area contributed by atoms with Gasteiger partial charge in [-0.3, -0.25) is 9.59 Å². The lowest BCUT2D eigenvalue weighted by Crippen LogP contribution is -2.24. The first-order valence-corrected chi connectivity index (χ1v) is 12.6. The van der Waals surface area contributed by atoms with E-state index in [1.54, 1.807) is 39.0 Å². The van der Waals surface area contributed by atoms with Crippen molar-refractivity contribution >= 4 is 23.5 Å². The maximum atomic E-state index is 12.2. The van der Waals surface area contributed by atoms with Crippen LogP contribution in [-0.4, -0.2) is 22.1 Å². The molecule has 3 aromatic rings. The molecule has 0 bridgehead atoms. The molecule has 0 fully saturated rings. The minimum Gasteiger partial charge on any atom is -0.461 e. The molecule has 0 unspecified atom stereocenters. The van der Waals surface area contributed by atoms with Crippen molar-refractivity contribution in [2.75, 3.05) is 0 Å². The lowest BCUT2D eigenvalue weighted by atomic mass is 10.0. The van der Waals surface area contributed by atoms with Crippen molar-refractivity contribution in [1.82, 2.24) is 4.57 Å². The number of aromatic nitrogens is 1. The van der Waals surface area contributed by atoms with E-state index in [-0.39, 0.29) is 19.4 Å². The molecule has 0 spiro atoms. The third-order valence-corrected chi connectivity index (χ3v) is 6.36. The average Bonchev–Trinajstić information content (AvgIpc) is 3.10. The van der Waals surface area contributed by atoms with Crippen molar-refractivity contribution in [1.29, 1.82) is 10.5 Å². The van der Waals surface area contributed by atoms with E-state index in [9.17, 15) is 14.9 Å². The second kappa shape index (κ2) is 12.0. The number of halogens is 1. The molecule has 0 radical (unpaired) electrons. The average molecular weight is 532 g/mol. The van der Waals surface area contributed by atoms with Crippen LogP contribution in [0.2, 0.25) is 5.02 Å². The van der Waals surface area contributed by atoms with Crippen LogP contribution < -0.4 is 0 Å². The zero-order valence-corrected chi connectivity index (χ0v) is 23.0. The summed E-state index contributed by atoms with van der Waals surface area (Å²) in [4.78, 5) is 24.0. The number of hydrogen-bond acceptors (Lipinski definition) is 6. The Hall–Kier alpha value is -4.07. The smallest absolute Gasteiger partial charge is 0.306 e. The van der Waals surface area contributed by atoms with Gasteiger partial charge >= 0.3 is 11.9 Å². The van der Waals surface area contributed by atoms with E-state index in [1.165, 1.54) is 0 Å². The molecule has 0 saturated carbocycles. The van der Waals surface area contributed by atoms with Crippen LogP contribution in [-0.2, 0) is 32.2 Å². The SMILES string of the molecule is Cc1c(C#N)c(-c2ccc(C#N)cc2)c(C)n1Cc1ccc(Cl)c(COC(=O)CCC(=O)OC(C)(C)C)c1. The van der Waals surface area contributed by atoms with Crippen LogP contribution in [0.5, 0.6) is 0 Å². The van der Waals surface area contributed by atoms with E-state index < -0.39 is 17.5 Å². The fourth-order valence-corrected chi connectivity index (χ4v) is 4.34. The van der Waals surface area contributed by atoms with Gasteiger partial charge in [-0.2, -0.15) is 10.5 Å². The molecule has 0 atom stereocenters. The molecule has 1 heterocycles. The van der Waals surface area contributed by atoms with Crippen molar-refractivity contribution in [3.05, 3.63) is 81.1 Å². The monoisotopic (exact) mass is 531 g/mol. The van der Waals surface area contributed by atoms with Crippen molar-refractivity contribution in [3.8, 4) is 23.3 Å². The zero-order chi connectivity index (χ0) is 28.0. The Morgan fingerprint density at radius 1 is 0.947 bits per heavy atom. The second-order valence-electron chi connectivity index (χ2n) is 9.98. The minimum atomic E-state index is -0.609. The fraction of sp³-hybridized carbons (Fsp3) is 0.333. The van der Waals surface area contributed by atoms with E-state index in [4.69, 9.17) is 26.3 Å². The lowest BCUT2D eigenvalue weighted by Gasteiger charge is -2.19. The number of carbonyl (C=O) groups excluding carboxylic acids is 2. The molecule has 38 heavy (non-hydrogen) atoms. The maximum Gasteiger partial charge on any atom is 0.306 e. The summed E-state index contributed by atoms with van der Waals surface area (Å²) in [5.41, 5.74) is 5.56. The molecule has 7 nitrogen and oxygen atoms in total. The summed E-state index contributed by atoms with van der Waals surface area (Å²) < 4.78 is 12.6. The standard InChI is InChI=1S/C30H30ClN3O4/c1-19-25(16-33)29(23-9-6-21(15-32)7-10-23)20(2)34(19)17-22-8-11-26(31)24(14-22)18-37-27(35)12-13-28(36)38-30(3,4)5/h6-11,14H,12-13,17-18H2,1-5H3. The Morgan fingerprint density at radius 2 is 1.61 bits per heavy atom. The summed E-state index contributed by atoms with van der Waals surface area (Å²) in [5.74, 6) is -0.968. The molecule has 8 heteroatoms. The van der Waals surface area contributed by atoms with Crippen LogP contribution in [0.4, 0.5) is 0 Å². The van der Waals surface area contributed by atoms with Gasteiger partial charge in [-0.1, -0.05) is 29.8 Å². The van der Waals surface area contributed by atoms with Gasteiger partial charge in [0, 0.05) is 34.1 Å². The molecule has 3 rings (SSSR count). The van der Waals surface area contributed by atoms with Gasteiger partial charge in [0.05, 0.1) is 30.0 Å². The number of nitriles is 2. The largest absolute Gasteiger partial charge is 0.461 e. The van der Waals surface area contributed by atoms with E-state index in [2.05, 4.69) is 16.7 Å². The Morgan fingerprint density at radius 3 is 2.21 bits per heavy atom. The summed E-state index contributed by atoms with van der Waals surface area (Å²) in [5, 5.41) is 19.5. The van der Waals surface area contributed by atoms with Crippen LogP contribution in [0.25, 0.3) is 11.1 Å². The highest BCUT2D eigenvalue weighted by Gasteiger charge is 2.20. The third-order valence-electron chi connectivity index (χ3n) is 5.99. The van der Waals surface area contributed by atoms with Crippen molar-refractivity contribution in [3.63, 3.8) is 0 Å². The van der Waals surface area contributed by atoms with Gasteiger partial charge in [0.15, 0.2) is 0 Å². The molecule has 0 amide bonds. The number of nitrogens with zero attached hydrogens (tertiary/aromatic N) is 3. The minimum absolute atomic E-state index is 0.0244. The summed E-state index contributed by atoms with van der Waals surface area (Å²) in [6.07, 6.45) is -0.137. The van der Waals surface area contributed by atoms with Gasteiger partial charge in [-0.15, -0.1) is 0 Å². The summed E-state index contributed by atoms with van der Waals surface area (Å²) >= 11 is 6.36. The van der Waals surface area contributed by atoms with Crippen molar-refractivity contribution in [2.24, 2.45) is 0 Å². The van der Waals surface area contributed by atoms with E-state index >= 15 is 0 Å². The van der Waals surface area contributed by atoms with E-state index in [0.29, 0.717) is 28.3 Å². The predicted octanol–water partition coefficient (Wildman–Crippen LogP) is 6.38. The van der Waals surface area contributed by atoms with Gasteiger partial charge < -0.3 is 14.0 Å². The molecule has 0 saturated heterocycles. The second-order valence-corrected chi connectivity index (χ2v) is 10.4. The highest BCUT2D eigenvalue weighted by Crippen LogP contribution is 2.33. The molecular formula is C30H30ClN3O4. The van der Waals surface area contributed by atoms with Gasteiger partial charge in [0.25, 0.3) is 0 Å². The number of hydrogen-bond donors (Lipinski definition) is 0. The molecule has 0 aliphatic carbocycles. The Bertz CT molecular complexity index is 1430. The Balaban J connectivity index is 1.75. The van der Waals surface area contributed by atoms with Crippen LogP contribution in [0.3, 0.4) is 0 Å². The first kappa shape index (κ1) is 28.5. The van der Waals surface area contributed by atoms with Gasteiger partial charge in [0.2, 0.25) is 0 Å². The van der Waals surface area contributed by atoms with Crippen molar-refractivity contribution < 1.29 is 19.1 Å². The first-order chi connectivity index (χ1) is 17.9. The molecule has 1 aromatic heterocycles. The van der Waals surface area contributed by atoms with Gasteiger partial charge in [-0.25, -0.2) is 0 Å². The molecule has 0 aliphatic heterocycles. The van der Waals surface area contributed by atoms with Gasteiger partial charge in [0.1, 0.15) is 18.3 Å². The van der Waals surface area contributed by atoms with Crippen LogP contribution >= 0.6 is 11.6 Å². The normalized spacial score (nSPS) is 10.9. The number of benzene rings is 2. The van der Waals surface area contributed by atoms with Crippen molar-refractivity contribution in [2.45, 2.75) is 66.2 Å². The quantitative estimate of drug-likeness (QED) is 0.312. The van der Waals surface area contributed by atoms with E-state index in [0.717, 1.165) is 28.1 Å². The Kier molecular flexibility index (Phi) is 8.99. The molecular weight excluding hydrogens is 502 g/mol. The Labute approximate surface area is 228 Å². The summed E-state index contributed by atoms with van der Waals surface area (Å²) in [6, 6.07) is 17.1. The van der Waals surface area contributed by atoms with Crippen LogP contribution in [0.1, 0.15) is 67.3 Å². The van der Waals surface area contributed by atoms with Crippen LogP contribution in [0.15, 0.2) is 42.5 Å². The fourth-order valence-electron chi connectivity index (χ4n) is 4.17. The predicted molar refractivity (Wildman–Crippen MR) is 144 cm³/mol. The lowest BCUT2D eigenvalue weighted by molar-refractivity contribution is -0.158. The highest BCUT2D eigenvalue weighted by molar-refractivity contribution is 6.31. The van der Waals surface area contributed by atoms with E-state index in [1.807, 2.05) is 38.1 Å². The highest BCUT2D eigenvalue weighted by atomic mass is 35.5. The zero-order valence-electron chi connectivity index (χ0n) is 22.2. The number of esters is 2. The summed E-state index contributed by atoms with van der Waals surface area (Å²) in [7, 11) is 0. The third kappa shape index (κ3) is 7.03. The first-order valence-electron chi connectivity index (χ1n) is 12.2. The molecule has 0 aliphatic rings. The number of rotatable bonds is 8. The number of carbonyl (C=O) groups is 2. The molecule has 2 aromatic carbocycles.